The second kappa shape index (κ2) is 5.40. The van der Waals surface area contributed by atoms with Gasteiger partial charge in [0.2, 0.25) is 0 Å². The van der Waals surface area contributed by atoms with Gasteiger partial charge in [-0.2, -0.15) is 9.89 Å². The Labute approximate surface area is 106 Å². The number of aromatic nitrogens is 2. The van der Waals surface area contributed by atoms with E-state index >= 15 is 0 Å². The number of nitrogens with one attached hydrogen (secondary N) is 1. The van der Waals surface area contributed by atoms with Crippen molar-refractivity contribution in [2.75, 3.05) is 12.1 Å². The van der Waals surface area contributed by atoms with Gasteiger partial charge in [-0.1, -0.05) is 5.18 Å². The number of aliphatic hydroxyl groups excluding tert-OH is 2. The lowest BCUT2D eigenvalue weighted by Crippen LogP contribution is -2.35. The second-order valence-electron chi connectivity index (χ2n) is 3.95. The van der Waals surface area contributed by atoms with E-state index < -0.39 is 36.8 Å². The highest BCUT2D eigenvalue weighted by molar-refractivity contribution is 5.28. The fraction of sp³-hybridized carbons (Fsp3) is 0.556. The highest BCUT2D eigenvalue weighted by atomic mass is 16.5. The largest absolute Gasteiger partial charge is 0.394 e. The Bertz CT molecular complexity index is 520. The molecule has 0 amide bonds. The van der Waals surface area contributed by atoms with Crippen molar-refractivity contribution in [1.82, 2.24) is 9.55 Å². The molecule has 3 unspecified atom stereocenters. The van der Waals surface area contributed by atoms with Crippen molar-refractivity contribution in [2.45, 2.75) is 24.5 Å². The number of ether oxygens (including phenoxy) is 1. The summed E-state index contributed by atoms with van der Waals surface area (Å²) in [6, 6.07) is 0.102. The standard InChI is InChI=1S/C9H12N4O6/c14-3-4-6(12-18)7(15)8(19-4)13-2-1-5(11-17)10-9(13)16/h1-2,4,6-8,14-15,17H,3H2,(H,10,11,16)/t4-,6?,7?,8?/m1/s1. The molecule has 0 spiro atoms. The number of hydrogen-bond donors (Lipinski definition) is 4. The lowest BCUT2D eigenvalue weighted by Gasteiger charge is -2.16. The molecule has 104 valence electrons. The zero-order valence-corrected chi connectivity index (χ0v) is 9.58. The molecule has 0 saturated carbocycles. The van der Waals surface area contributed by atoms with Crippen molar-refractivity contribution in [3.8, 4) is 0 Å². The fourth-order valence-electron chi connectivity index (χ4n) is 1.91. The smallest absolute Gasteiger partial charge is 0.351 e. The minimum absolute atomic E-state index is 0.0718. The number of aliphatic hydroxyl groups is 2. The van der Waals surface area contributed by atoms with Crippen molar-refractivity contribution in [1.29, 1.82) is 0 Å². The Morgan fingerprint density at radius 1 is 1.58 bits per heavy atom. The van der Waals surface area contributed by atoms with E-state index in [4.69, 9.17) is 15.1 Å². The van der Waals surface area contributed by atoms with Gasteiger partial charge in [-0.15, -0.1) is 0 Å². The van der Waals surface area contributed by atoms with Gasteiger partial charge in [0, 0.05) is 6.20 Å². The number of nitroso groups, excluding NO2 is 1. The van der Waals surface area contributed by atoms with Crippen LogP contribution in [-0.2, 0) is 4.74 Å². The Morgan fingerprint density at radius 2 is 2.32 bits per heavy atom. The van der Waals surface area contributed by atoms with E-state index in [2.05, 4.69) is 10.2 Å². The van der Waals surface area contributed by atoms with Gasteiger partial charge in [0.05, 0.1) is 6.61 Å². The van der Waals surface area contributed by atoms with Gasteiger partial charge in [0.25, 0.3) is 0 Å². The van der Waals surface area contributed by atoms with E-state index in [9.17, 15) is 14.8 Å². The summed E-state index contributed by atoms with van der Waals surface area (Å²) in [6.45, 7) is -0.511. The third-order valence-electron chi connectivity index (χ3n) is 2.86. The molecule has 10 nitrogen and oxygen atoms in total. The van der Waals surface area contributed by atoms with Gasteiger partial charge < -0.3 is 14.9 Å². The first kappa shape index (κ1) is 13.5. The number of anilines is 1. The van der Waals surface area contributed by atoms with E-state index in [1.54, 1.807) is 5.48 Å². The summed E-state index contributed by atoms with van der Waals surface area (Å²) in [5.74, 6) is -0.0718. The molecule has 4 N–H and O–H groups in total. The Hall–Kier alpha value is -1.88. The average Bonchev–Trinajstić information content (AvgIpc) is 2.74. The average molecular weight is 272 g/mol. The van der Waals surface area contributed by atoms with Crippen LogP contribution < -0.4 is 11.2 Å². The lowest BCUT2D eigenvalue weighted by atomic mass is 10.1. The first-order chi connectivity index (χ1) is 9.12. The maximum absolute atomic E-state index is 11.7. The predicted molar refractivity (Wildman–Crippen MR) is 60.5 cm³/mol. The number of nitrogens with zero attached hydrogens (tertiary/aromatic N) is 3. The third-order valence-corrected chi connectivity index (χ3v) is 2.86. The molecule has 0 aliphatic carbocycles. The zero-order chi connectivity index (χ0) is 14.0. The van der Waals surface area contributed by atoms with E-state index in [0.717, 1.165) is 4.57 Å². The normalized spacial score (nSPS) is 30.3. The molecule has 2 heterocycles. The van der Waals surface area contributed by atoms with Crippen LogP contribution in [0.2, 0.25) is 0 Å². The Morgan fingerprint density at radius 3 is 2.79 bits per heavy atom. The van der Waals surface area contributed by atoms with Crippen LogP contribution in [-0.4, -0.2) is 49.8 Å². The van der Waals surface area contributed by atoms with Crippen LogP contribution in [0.3, 0.4) is 0 Å². The summed E-state index contributed by atoms with van der Waals surface area (Å²) < 4.78 is 6.16. The molecule has 1 aromatic heterocycles. The third kappa shape index (κ3) is 2.33. The first-order valence-corrected chi connectivity index (χ1v) is 5.38. The highest BCUT2D eigenvalue weighted by Crippen LogP contribution is 2.30. The molecule has 0 aromatic carbocycles. The summed E-state index contributed by atoms with van der Waals surface area (Å²) in [6.07, 6.45) is -2.31. The Kier molecular flexibility index (Phi) is 3.85. The number of hydrogen-bond acceptors (Lipinski definition) is 9. The highest BCUT2D eigenvalue weighted by Gasteiger charge is 2.46. The molecule has 4 atom stereocenters. The van der Waals surface area contributed by atoms with Gasteiger partial charge in [-0.3, -0.25) is 15.3 Å². The topological polar surface area (TPSA) is 146 Å². The van der Waals surface area contributed by atoms with E-state index in [0.29, 0.717) is 0 Å². The maximum atomic E-state index is 11.7. The van der Waals surface area contributed by atoms with E-state index in [1.165, 1.54) is 12.3 Å². The maximum Gasteiger partial charge on any atom is 0.351 e. The molecule has 1 aliphatic heterocycles. The van der Waals surface area contributed by atoms with E-state index in [-0.39, 0.29) is 5.82 Å². The molecule has 10 heteroatoms. The predicted octanol–water partition coefficient (Wildman–Crippen LogP) is -1.57. The van der Waals surface area contributed by atoms with Gasteiger partial charge in [0.1, 0.15) is 12.2 Å². The molecule has 1 aromatic rings. The van der Waals surface area contributed by atoms with Crippen molar-refractivity contribution in [3.05, 3.63) is 27.7 Å². The van der Waals surface area contributed by atoms with Crippen LogP contribution >= 0.6 is 0 Å². The van der Waals surface area contributed by atoms with Crippen molar-refractivity contribution < 1.29 is 20.2 Å². The lowest BCUT2D eigenvalue weighted by molar-refractivity contribution is -0.0531. The fourth-order valence-corrected chi connectivity index (χ4v) is 1.91. The molecular weight excluding hydrogens is 260 g/mol. The monoisotopic (exact) mass is 272 g/mol. The number of rotatable bonds is 4. The molecule has 2 rings (SSSR count). The van der Waals surface area contributed by atoms with Gasteiger partial charge in [-0.05, 0) is 6.07 Å². The second-order valence-corrected chi connectivity index (χ2v) is 3.95. The summed E-state index contributed by atoms with van der Waals surface area (Å²) in [7, 11) is 0. The van der Waals surface area contributed by atoms with E-state index in [1.807, 2.05) is 0 Å². The minimum atomic E-state index is -1.37. The van der Waals surface area contributed by atoms with Gasteiger partial charge in [0.15, 0.2) is 18.1 Å². The Balaban J connectivity index is 2.32. The zero-order valence-electron chi connectivity index (χ0n) is 9.58. The van der Waals surface area contributed by atoms with Crippen LogP contribution in [0.15, 0.2) is 22.2 Å². The summed E-state index contributed by atoms with van der Waals surface area (Å²) in [4.78, 5) is 25.7. The van der Waals surface area contributed by atoms with Crippen LogP contribution in [0.1, 0.15) is 6.23 Å². The summed E-state index contributed by atoms with van der Waals surface area (Å²) in [5, 5.41) is 30.2. The van der Waals surface area contributed by atoms with Crippen molar-refractivity contribution >= 4 is 5.82 Å². The molecule has 1 fully saturated rings. The SMILES string of the molecule is O=NC1C(O)C(n2ccc(NO)nc2=O)O[C@@H]1CO. The molecule has 1 saturated heterocycles. The molecular formula is C9H12N4O6. The van der Waals surface area contributed by atoms with Gasteiger partial charge >= 0.3 is 5.69 Å². The quantitative estimate of drug-likeness (QED) is 0.379. The molecule has 1 aliphatic rings. The van der Waals surface area contributed by atoms with Crippen LogP contribution in [0, 0.1) is 4.91 Å². The summed E-state index contributed by atoms with van der Waals surface area (Å²) >= 11 is 0. The molecule has 19 heavy (non-hydrogen) atoms. The van der Waals surface area contributed by atoms with Crippen LogP contribution in [0.4, 0.5) is 5.82 Å². The first-order valence-electron chi connectivity index (χ1n) is 5.38. The van der Waals surface area contributed by atoms with Gasteiger partial charge in [-0.25, -0.2) is 4.79 Å². The van der Waals surface area contributed by atoms with Crippen molar-refractivity contribution in [3.63, 3.8) is 0 Å². The molecule has 0 bridgehead atoms. The van der Waals surface area contributed by atoms with Crippen LogP contribution in [0.5, 0.6) is 0 Å². The summed E-state index contributed by atoms with van der Waals surface area (Å²) in [5.41, 5.74) is 0.901. The van der Waals surface area contributed by atoms with Crippen LogP contribution in [0.25, 0.3) is 0 Å². The minimum Gasteiger partial charge on any atom is -0.394 e. The van der Waals surface area contributed by atoms with Crippen molar-refractivity contribution in [2.24, 2.45) is 5.18 Å². The molecule has 0 radical (unpaired) electrons.